The van der Waals surface area contributed by atoms with E-state index in [2.05, 4.69) is 15.3 Å². The molecule has 1 aliphatic carbocycles. The zero-order chi connectivity index (χ0) is 15.5. The van der Waals surface area contributed by atoms with Gasteiger partial charge in [0.15, 0.2) is 0 Å². The molecule has 0 saturated carbocycles. The molecule has 1 aliphatic rings. The summed E-state index contributed by atoms with van der Waals surface area (Å²) in [4.78, 5) is 31.4. The normalized spacial score (nSPS) is 13.7. The number of nitrogens with zero attached hydrogens (tertiary/aromatic N) is 2. The predicted molar refractivity (Wildman–Crippen MR) is 82.8 cm³/mol. The van der Waals surface area contributed by atoms with Crippen molar-refractivity contribution in [3.63, 3.8) is 0 Å². The molecule has 6 heteroatoms. The van der Waals surface area contributed by atoms with E-state index in [1.807, 2.05) is 17.7 Å². The Bertz CT molecular complexity index is 745. The second-order valence-electron chi connectivity index (χ2n) is 5.54. The van der Waals surface area contributed by atoms with Crippen molar-refractivity contribution in [2.75, 3.05) is 0 Å². The van der Waals surface area contributed by atoms with E-state index in [0.29, 0.717) is 6.54 Å². The standard InChI is InChI=1S/C16H20N4O2/c1-2-20-8-7-17-14(20)10-18-15(21)12-9-11-5-3-4-6-13(11)19-16(12)22/h7-9H,2-6,10H2,1H3,(H,18,21)(H,19,22). The molecule has 0 aliphatic heterocycles. The summed E-state index contributed by atoms with van der Waals surface area (Å²) in [6.45, 7) is 3.13. The van der Waals surface area contributed by atoms with Gasteiger partial charge in [0.2, 0.25) is 0 Å². The average molecular weight is 300 g/mol. The van der Waals surface area contributed by atoms with Crippen molar-refractivity contribution in [2.24, 2.45) is 0 Å². The van der Waals surface area contributed by atoms with Crippen LogP contribution in [0, 0.1) is 0 Å². The Balaban J connectivity index is 1.76. The number of imidazole rings is 1. The lowest BCUT2D eigenvalue weighted by atomic mass is 9.95. The molecule has 0 saturated heterocycles. The number of aromatic nitrogens is 3. The summed E-state index contributed by atoms with van der Waals surface area (Å²) in [7, 11) is 0. The summed E-state index contributed by atoms with van der Waals surface area (Å²) in [5.74, 6) is 0.436. The third kappa shape index (κ3) is 2.81. The molecule has 2 heterocycles. The number of aromatic amines is 1. The highest BCUT2D eigenvalue weighted by Crippen LogP contribution is 2.18. The number of nitrogens with one attached hydrogen (secondary N) is 2. The van der Waals surface area contributed by atoms with Crippen LogP contribution in [0.4, 0.5) is 0 Å². The molecule has 1 amide bonds. The first kappa shape index (κ1) is 14.6. The van der Waals surface area contributed by atoms with E-state index < -0.39 is 0 Å². The van der Waals surface area contributed by atoms with Crippen LogP contribution in [0.15, 0.2) is 23.3 Å². The van der Waals surface area contributed by atoms with E-state index in [1.54, 1.807) is 12.3 Å². The Morgan fingerprint density at radius 1 is 1.41 bits per heavy atom. The second-order valence-corrected chi connectivity index (χ2v) is 5.54. The van der Waals surface area contributed by atoms with Crippen LogP contribution in [0.5, 0.6) is 0 Å². The summed E-state index contributed by atoms with van der Waals surface area (Å²) < 4.78 is 1.96. The van der Waals surface area contributed by atoms with Crippen LogP contribution in [-0.2, 0) is 25.9 Å². The molecule has 116 valence electrons. The van der Waals surface area contributed by atoms with Crippen molar-refractivity contribution in [3.05, 3.63) is 51.5 Å². The zero-order valence-electron chi connectivity index (χ0n) is 12.7. The van der Waals surface area contributed by atoms with Gasteiger partial charge in [0.25, 0.3) is 11.5 Å². The lowest BCUT2D eigenvalue weighted by Crippen LogP contribution is -2.31. The monoisotopic (exact) mass is 300 g/mol. The smallest absolute Gasteiger partial charge is 0.261 e. The summed E-state index contributed by atoms with van der Waals surface area (Å²) in [5, 5.41) is 2.78. The highest BCUT2D eigenvalue weighted by molar-refractivity contribution is 5.93. The molecular weight excluding hydrogens is 280 g/mol. The molecule has 0 spiro atoms. The number of aryl methyl sites for hydroxylation is 3. The van der Waals surface area contributed by atoms with E-state index >= 15 is 0 Å². The maximum atomic E-state index is 12.3. The molecule has 2 aromatic rings. The first-order valence-corrected chi connectivity index (χ1v) is 7.72. The largest absolute Gasteiger partial charge is 0.345 e. The molecule has 3 rings (SSSR count). The van der Waals surface area contributed by atoms with E-state index in [0.717, 1.165) is 49.3 Å². The molecule has 0 unspecified atom stereocenters. The number of rotatable bonds is 4. The summed E-state index contributed by atoms with van der Waals surface area (Å²) in [6, 6.07) is 1.74. The number of carbonyl (C=O) groups excluding carboxylic acids is 1. The first-order valence-electron chi connectivity index (χ1n) is 7.72. The Morgan fingerprint density at radius 2 is 2.23 bits per heavy atom. The topological polar surface area (TPSA) is 79.8 Å². The van der Waals surface area contributed by atoms with Gasteiger partial charge in [-0.15, -0.1) is 0 Å². The summed E-state index contributed by atoms with van der Waals surface area (Å²) in [5.41, 5.74) is 1.95. The average Bonchev–Trinajstić information content (AvgIpc) is 2.99. The Labute approximate surface area is 128 Å². The summed E-state index contributed by atoms with van der Waals surface area (Å²) in [6.07, 6.45) is 7.58. The number of amides is 1. The van der Waals surface area contributed by atoms with Gasteiger partial charge in [-0.2, -0.15) is 0 Å². The van der Waals surface area contributed by atoms with E-state index in [4.69, 9.17) is 0 Å². The van der Waals surface area contributed by atoms with Crippen molar-refractivity contribution in [3.8, 4) is 0 Å². The van der Waals surface area contributed by atoms with E-state index in [9.17, 15) is 9.59 Å². The third-order valence-electron chi connectivity index (χ3n) is 4.13. The molecule has 0 radical (unpaired) electrons. The number of pyridine rings is 1. The summed E-state index contributed by atoms with van der Waals surface area (Å²) >= 11 is 0. The fourth-order valence-electron chi connectivity index (χ4n) is 2.89. The van der Waals surface area contributed by atoms with Gasteiger partial charge in [-0.05, 0) is 44.2 Å². The SMILES string of the molecule is CCn1ccnc1CNC(=O)c1cc2c([nH]c1=O)CCCC2. The fraction of sp³-hybridized carbons (Fsp3) is 0.438. The van der Waals surface area contributed by atoms with Gasteiger partial charge >= 0.3 is 0 Å². The van der Waals surface area contributed by atoms with Crippen molar-refractivity contribution < 1.29 is 4.79 Å². The number of carbonyl (C=O) groups is 1. The lowest BCUT2D eigenvalue weighted by molar-refractivity contribution is 0.0947. The lowest BCUT2D eigenvalue weighted by Gasteiger charge is -2.16. The Morgan fingerprint density at radius 3 is 3.05 bits per heavy atom. The predicted octanol–water partition coefficient (Wildman–Crippen LogP) is 1.40. The maximum absolute atomic E-state index is 12.3. The van der Waals surface area contributed by atoms with Crippen LogP contribution in [-0.4, -0.2) is 20.4 Å². The second kappa shape index (κ2) is 6.17. The van der Waals surface area contributed by atoms with E-state index in [-0.39, 0.29) is 17.0 Å². The van der Waals surface area contributed by atoms with E-state index in [1.165, 1.54) is 0 Å². The van der Waals surface area contributed by atoms with Gasteiger partial charge in [-0.3, -0.25) is 9.59 Å². The van der Waals surface area contributed by atoms with Crippen LogP contribution in [0.1, 0.15) is 47.2 Å². The quantitative estimate of drug-likeness (QED) is 0.895. The molecule has 2 N–H and O–H groups in total. The number of hydrogen-bond donors (Lipinski definition) is 2. The zero-order valence-corrected chi connectivity index (χ0v) is 12.7. The molecule has 0 bridgehead atoms. The number of fused-ring (bicyclic) bond motifs is 1. The van der Waals surface area contributed by atoms with Crippen LogP contribution in [0.3, 0.4) is 0 Å². The van der Waals surface area contributed by atoms with Crippen LogP contribution < -0.4 is 10.9 Å². The van der Waals surface area contributed by atoms with Crippen molar-refractivity contribution in [1.82, 2.24) is 19.9 Å². The molecule has 22 heavy (non-hydrogen) atoms. The van der Waals surface area contributed by atoms with Crippen molar-refractivity contribution >= 4 is 5.91 Å². The van der Waals surface area contributed by atoms with Crippen molar-refractivity contribution in [2.45, 2.75) is 45.7 Å². The molecule has 0 fully saturated rings. The van der Waals surface area contributed by atoms with Gasteiger partial charge in [-0.25, -0.2) is 4.98 Å². The van der Waals surface area contributed by atoms with Gasteiger partial charge in [0.1, 0.15) is 11.4 Å². The molecule has 6 nitrogen and oxygen atoms in total. The number of hydrogen-bond acceptors (Lipinski definition) is 3. The minimum Gasteiger partial charge on any atom is -0.345 e. The van der Waals surface area contributed by atoms with Crippen molar-refractivity contribution in [1.29, 1.82) is 0 Å². The van der Waals surface area contributed by atoms with Crippen LogP contribution in [0.25, 0.3) is 0 Å². The number of H-pyrrole nitrogens is 1. The van der Waals surface area contributed by atoms with Crippen LogP contribution in [0.2, 0.25) is 0 Å². The maximum Gasteiger partial charge on any atom is 0.261 e. The molecular formula is C16H20N4O2. The molecule has 0 atom stereocenters. The van der Waals surface area contributed by atoms with Gasteiger partial charge in [0.05, 0.1) is 6.54 Å². The van der Waals surface area contributed by atoms with Crippen LogP contribution >= 0.6 is 0 Å². The highest BCUT2D eigenvalue weighted by Gasteiger charge is 2.17. The van der Waals surface area contributed by atoms with Gasteiger partial charge < -0.3 is 14.9 Å². The van der Waals surface area contributed by atoms with Gasteiger partial charge in [0, 0.05) is 24.6 Å². The Hall–Kier alpha value is -2.37. The Kier molecular flexibility index (Phi) is 4.09. The third-order valence-corrected chi connectivity index (χ3v) is 4.13. The minimum atomic E-state index is -0.347. The van der Waals surface area contributed by atoms with Gasteiger partial charge in [-0.1, -0.05) is 0 Å². The molecule has 2 aromatic heterocycles. The first-order chi connectivity index (χ1) is 10.7. The highest BCUT2D eigenvalue weighted by atomic mass is 16.2. The molecule has 0 aromatic carbocycles. The minimum absolute atomic E-state index is 0.190. The fourth-order valence-corrected chi connectivity index (χ4v) is 2.89.